The maximum absolute atomic E-state index is 11.5. The molecule has 0 aliphatic carbocycles. The van der Waals surface area contributed by atoms with E-state index in [2.05, 4.69) is 4.98 Å². The van der Waals surface area contributed by atoms with E-state index in [4.69, 9.17) is 0 Å². The van der Waals surface area contributed by atoms with Crippen LogP contribution in [0.15, 0.2) is 24.5 Å². The van der Waals surface area contributed by atoms with Gasteiger partial charge in [0, 0.05) is 24.4 Å². The van der Waals surface area contributed by atoms with Crippen molar-refractivity contribution in [2.24, 2.45) is 5.92 Å². The summed E-state index contributed by atoms with van der Waals surface area (Å²) in [5, 5.41) is 0. The van der Waals surface area contributed by atoms with Crippen LogP contribution in [0.4, 0.5) is 0 Å². The Bertz CT molecular complexity index is 330. The van der Waals surface area contributed by atoms with Gasteiger partial charge in [0.15, 0.2) is 0 Å². The summed E-state index contributed by atoms with van der Waals surface area (Å²) in [6, 6.07) is 3.11. The molecule has 0 atom stereocenters. The molecule has 1 aromatic rings. The van der Waals surface area contributed by atoms with E-state index in [1.807, 2.05) is 13.8 Å². The topological polar surface area (TPSA) is 47.0 Å². The Hall–Kier alpha value is -1.51. The highest BCUT2D eigenvalue weighted by molar-refractivity contribution is 6.43. The van der Waals surface area contributed by atoms with Gasteiger partial charge in [-0.05, 0) is 18.1 Å². The van der Waals surface area contributed by atoms with Crippen molar-refractivity contribution in [3.05, 3.63) is 30.1 Å². The Morgan fingerprint density at radius 3 is 2.36 bits per heavy atom. The third kappa shape index (κ3) is 2.76. The number of nitrogens with zero attached hydrogens (tertiary/aromatic N) is 1. The summed E-state index contributed by atoms with van der Waals surface area (Å²) in [4.78, 5) is 26.7. The fraction of sp³-hybridized carbons (Fsp3) is 0.364. The van der Waals surface area contributed by atoms with Gasteiger partial charge in [0.25, 0.3) is 0 Å². The van der Waals surface area contributed by atoms with Crippen LogP contribution in [0.5, 0.6) is 0 Å². The summed E-state index contributed by atoms with van der Waals surface area (Å²) in [5.74, 6) is -0.527. The number of hydrogen-bond donors (Lipinski definition) is 0. The number of hydrogen-bond acceptors (Lipinski definition) is 3. The normalized spacial score (nSPS) is 10.2. The Morgan fingerprint density at radius 2 is 1.86 bits per heavy atom. The zero-order valence-electron chi connectivity index (χ0n) is 8.36. The average molecular weight is 191 g/mol. The van der Waals surface area contributed by atoms with Crippen molar-refractivity contribution < 1.29 is 9.59 Å². The summed E-state index contributed by atoms with van der Waals surface area (Å²) in [7, 11) is 0. The lowest BCUT2D eigenvalue weighted by Gasteiger charge is -2.02. The molecule has 0 bridgehead atoms. The lowest BCUT2D eigenvalue weighted by molar-refractivity contribution is -0.115. The second-order valence-corrected chi connectivity index (χ2v) is 3.59. The van der Waals surface area contributed by atoms with Crippen LogP contribution in [0.2, 0.25) is 0 Å². The summed E-state index contributed by atoms with van der Waals surface area (Å²) in [6.45, 7) is 3.83. The van der Waals surface area contributed by atoms with Gasteiger partial charge in [-0.3, -0.25) is 14.6 Å². The van der Waals surface area contributed by atoms with Gasteiger partial charge in [-0.25, -0.2) is 0 Å². The summed E-state index contributed by atoms with van der Waals surface area (Å²) < 4.78 is 0. The minimum Gasteiger partial charge on any atom is -0.290 e. The van der Waals surface area contributed by atoms with Crippen molar-refractivity contribution in [1.29, 1.82) is 0 Å². The molecule has 1 rings (SSSR count). The van der Waals surface area contributed by atoms with Crippen LogP contribution < -0.4 is 0 Å². The van der Waals surface area contributed by atoms with Crippen LogP contribution in [0, 0.1) is 5.92 Å². The molecule has 0 aromatic carbocycles. The van der Waals surface area contributed by atoms with Crippen molar-refractivity contribution in [3.63, 3.8) is 0 Å². The number of ketones is 2. The van der Waals surface area contributed by atoms with Crippen molar-refractivity contribution >= 4 is 11.6 Å². The zero-order valence-corrected chi connectivity index (χ0v) is 8.36. The molecular formula is C11H13NO2. The van der Waals surface area contributed by atoms with E-state index in [1.165, 1.54) is 12.4 Å². The van der Waals surface area contributed by atoms with E-state index in [0.717, 1.165) is 0 Å². The molecule has 1 aromatic heterocycles. The number of aromatic nitrogens is 1. The van der Waals surface area contributed by atoms with E-state index in [-0.39, 0.29) is 11.7 Å². The molecule has 0 fully saturated rings. The Kier molecular flexibility index (Phi) is 3.51. The molecule has 0 saturated heterocycles. The van der Waals surface area contributed by atoms with Gasteiger partial charge in [0.1, 0.15) is 0 Å². The maximum atomic E-state index is 11.5. The maximum Gasteiger partial charge on any atom is 0.228 e. The van der Waals surface area contributed by atoms with Crippen LogP contribution in [-0.4, -0.2) is 16.6 Å². The summed E-state index contributed by atoms with van der Waals surface area (Å²) >= 11 is 0. The molecule has 0 aliphatic rings. The fourth-order valence-electron chi connectivity index (χ4n) is 1.13. The van der Waals surface area contributed by atoms with E-state index in [1.54, 1.807) is 12.1 Å². The van der Waals surface area contributed by atoms with Crippen LogP contribution in [0.1, 0.15) is 30.6 Å². The van der Waals surface area contributed by atoms with Gasteiger partial charge >= 0.3 is 0 Å². The summed E-state index contributed by atoms with van der Waals surface area (Å²) in [5.41, 5.74) is 0.422. The smallest absolute Gasteiger partial charge is 0.228 e. The Labute approximate surface area is 83.2 Å². The second kappa shape index (κ2) is 4.65. The van der Waals surface area contributed by atoms with Crippen molar-refractivity contribution in [2.75, 3.05) is 0 Å². The molecule has 0 N–H and O–H groups in total. The van der Waals surface area contributed by atoms with Crippen LogP contribution >= 0.6 is 0 Å². The third-order valence-electron chi connectivity index (χ3n) is 1.79. The predicted molar refractivity (Wildman–Crippen MR) is 53.0 cm³/mol. The minimum absolute atomic E-state index is 0.216. The van der Waals surface area contributed by atoms with Crippen LogP contribution in [0.25, 0.3) is 0 Å². The highest BCUT2D eigenvalue weighted by Crippen LogP contribution is 2.06. The SMILES string of the molecule is CC(C)CC(=O)C(=O)c1ccncc1. The van der Waals surface area contributed by atoms with E-state index >= 15 is 0 Å². The summed E-state index contributed by atoms with van der Waals surface area (Å²) in [6.07, 6.45) is 3.33. The number of pyridine rings is 1. The first-order valence-corrected chi connectivity index (χ1v) is 4.59. The number of carbonyl (C=O) groups excluding carboxylic acids is 2. The van der Waals surface area contributed by atoms with Gasteiger partial charge in [-0.2, -0.15) is 0 Å². The largest absolute Gasteiger partial charge is 0.290 e. The minimum atomic E-state index is -0.416. The van der Waals surface area contributed by atoms with Gasteiger partial charge < -0.3 is 0 Å². The van der Waals surface area contributed by atoms with Gasteiger partial charge in [-0.1, -0.05) is 13.8 Å². The molecule has 14 heavy (non-hydrogen) atoms. The first kappa shape index (κ1) is 10.6. The molecule has 0 radical (unpaired) electrons. The van der Waals surface area contributed by atoms with Crippen LogP contribution in [0.3, 0.4) is 0 Å². The predicted octanol–water partition coefficient (Wildman–Crippen LogP) is 1.88. The molecule has 3 nitrogen and oxygen atoms in total. The van der Waals surface area contributed by atoms with E-state index < -0.39 is 5.78 Å². The van der Waals surface area contributed by atoms with Crippen LogP contribution in [-0.2, 0) is 4.79 Å². The molecule has 74 valence electrons. The lowest BCUT2D eigenvalue weighted by Crippen LogP contribution is -2.16. The lowest BCUT2D eigenvalue weighted by atomic mass is 10.0. The molecule has 0 unspecified atom stereocenters. The van der Waals surface area contributed by atoms with E-state index in [0.29, 0.717) is 12.0 Å². The molecule has 0 spiro atoms. The van der Waals surface area contributed by atoms with Gasteiger partial charge in [-0.15, -0.1) is 0 Å². The standard InChI is InChI=1S/C11H13NO2/c1-8(2)7-10(13)11(14)9-3-5-12-6-4-9/h3-6,8H,7H2,1-2H3. The van der Waals surface area contributed by atoms with E-state index in [9.17, 15) is 9.59 Å². The molecule has 0 aliphatic heterocycles. The van der Waals surface area contributed by atoms with Crippen molar-refractivity contribution in [1.82, 2.24) is 4.98 Å². The highest BCUT2D eigenvalue weighted by Gasteiger charge is 2.16. The first-order valence-electron chi connectivity index (χ1n) is 4.59. The van der Waals surface area contributed by atoms with Crippen molar-refractivity contribution in [2.45, 2.75) is 20.3 Å². The highest BCUT2D eigenvalue weighted by atomic mass is 16.2. The number of rotatable bonds is 4. The fourth-order valence-corrected chi connectivity index (χ4v) is 1.13. The molecule has 0 saturated carbocycles. The van der Waals surface area contributed by atoms with Gasteiger partial charge in [0.05, 0.1) is 0 Å². The number of Topliss-reactive ketones (excluding diaryl/α,β-unsaturated/α-hetero) is 2. The Morgan fingerprint density at radius 1 is 1.29 bits per heavy atom. The second-order valence-electron chi connectivity index (χ2n) is 3.59. The molecule has 0 amide bonds. The third-order valence-corrected chi connectivity index (χ3v) is 1.79. The van der Waals surface area contributed by atoms with Crippen molar-refractivity contribution in [3.8, 4) is 0 Å². The average Bonchev–Trinajstić information content (AvgIpc) is 2.17. The van der Waals surface area contributed by atoms with Gasteiger partial charge in [0.2, 0.25) is 11.6 Å². The monoisotopic (exact) mass is 191 g/mol. The zero-order chi connectivity index (χ0) is 10.6. The quantitative estimate of drug-likeness (QED) is 0.539. The Balaban J connectivity index is 2.72. The number of carbonyl (C=O) groups is 2. The first-order chi connectivity index (χ1) is 6.61. The molecule has 3 heteroatoms. The molecular weight excluding hydrogens is 178 g/mol. The molecule has 1 heterocycles.